The number of rotatable bonds is 7. The Kier molecular flexibility index (Phi) is 7.23. The summed E-state index contributed by atoms with van der Waals surface area (Å²) in [5.41, 5.74) is 5.50. The van der Waals surface area contributed by atoms with Gasteiger partial charge in [0, 0.05) is 12.1 Å². The first-order chi connectivity index (χ1) is 17.5. The van der Waals surface area contributed by atoms with E-state index in [9.17, 15) is 4.79 Å². The van der Waals surface area contributed by atoms with Crippen molar-refractivity contribution >= 4 is 5.91 Å². The first kappa shape index (κ1) is 23.9. The number of piperidine rings is 1. The Morgan fingerprint density at radius 1 is 0.972 bits per heavy atom. The molecular weight excluding hydrogens is 448 g/mol. The van der Waals surface area contributed by atoms with Gasteiger partial charge < -0.3 is 9.84 Å². The van der Waals surface area contributed by atoms with E-state index >= 15 is 0 Å². The number of benzene rings is 3. The summed E-state index contributed by atoms with van der Waals surface area (Å²) in [6.07, 6.45) is 1.83. The summed E-state index contributed by atoms with van der Waals surface area (Å²) >= 11 is 0. The van der Waals surface area contributed by atoms with Crippen LogP contribution in [0.1, 0.15) is 47.0 Å². The molecule has 2 atom stereocenters. The Hall–Kier alpha value is -3.77. The van der Waals surface area contributed by atoms with Crippen LogP contribution in [0.4, 0.5) is 0 Å². The second-order valence-electron chi connectivity index (χ2n) is 9.71. The van der Waals surface area contributed by atoms with Crippen LogP contribution in [-0.4, -0.2) is 34.0 Å². The Morgan fingerprint density at radius 3 is 2.36 bits per heavy atom. The maximum Gasteiger partial charge on any atom is 0.241 e. The Bertz CT molecular complexity index is 1280. The van der Waals surface area contributed by atoms with E-state index < -0.39 is 0 Å². The summed E-state index contributed by atoms with van der Waals surface area (Å²) in [6.45, 7) is 6.25. The number of hydrogen-bond acceptors (Lipinski definition) is 5. The van der Waals surface area contributed by atoms with Gasteiger partial charge in [0.1, 0.15) is 0 Å². The van der Waals surface area contributed by atoms with E-state index in [0.717, 1.165) is 36.1 Å². The molecule has 1 fully saturated rings. The van der Waals surface area contributed by atoms with Gasteiger partial charge in [0.25, 0.3) is 0 Å². The van der Waals surface area contributed by atoms with Crippen LogP contribution in [0.2, 0.25) is 0 Å². The zero-order valence-electron chi connectivity index (χ0n) is 20.9. The van der Waals surface area contributed by atoms with Crippen LogP contribution in [-0.2, 0) is 11.3 Å². The van der Waals surface area contributed by atoms with Gasteiger partial charge in [-0.1, -0.05) is 95.1 Å². The molecular formula is C30H32N4O2. The van der Waals surface area contributed by atoms with Crippen molar-refractivity contribution < 1.29 is 9.32 Å². The molecule has 5 rings (SSSR count). The molecule has 0 saturated carbocycles. The van der Waals surface area contributed by atoms with Crippen molar-refractivity contribution in [3.63, 3.8) is 0 Å². The van der Waals surface area contributed by atoms with E-state index in [1.165, 1.54) is 11.1 Å². The van der Waals surface area contributed by atoms with Gasteiger partial charge in [-0.05, 0) is 44.4 Å². The number of nitrogens with one attached hydrogen (secondary N) is 1. The highest BCUT2D eigenvalue weighted by atomic mass is 16.5. The lowest BCUT2D eigenvalue weighted by molar-refractivity contribution is -0.127. The molecule has 0 aliphatic carbocycles. The molecule has 3 aromatic carbocycles. The lowest BCUT2D eigenvalue weighted by Gasteiger charge is -2.32. The van der Waals surface area contributed by atoms with Crippen molar-refractivity contribution in [1.29, 1.82) is 0 Å². The van der Waals surface area contributed by atoms with Crippen molar-refractivity contribution in [3.8, 4) is 11.4 Å². The number of aryl methyl sites for hydroxylation is 2. The molecule has 6 nitrogen and oxygen atoms in total. The number of nitrogens with zero attached hydrogens (tertiary/aromatic N) is 3. The van der Waals surface area contributed by atoms with Crippen molar-refractivity contribution in [2.24, 2.45) is 5.92 Å². The minimum absolute atomic E-state index is 0.0833. The Balaban J connectivity index is 1.25. The Morgan fingerprint density at radius 2 is 1.64 bits per heavy atom. The number of carbonyl (C=O) groups excluding carboxylic acids is 1. The van der Waals surface area contributed by atoms with Gasteiger partial charge in [0.2, 0.25) is 17.6 Å². The van der Waals surface area contributed by atoms with E-state index in [0.29, 0.717) is 24.8 Å². The third-order valence-corrected chi connectivity index (χ3v) is 6.84. The second-order valence-corrected chi connectivity index (χ2v) is 9.71. The van der Waals surface area contributed by atoms with E-state index in [1.54, 1.807) is 0 Å². The lowest BCUT2D eigenvalue weighted by Crippen LogP contribution is -2.43. The monoisotopic (exact) mass is 480 g/mol. The van der Waals surface area contributed by atoms with Crippen molar-refractivity contribution in [2.45, 2.75) is 39.3 Å². The van der Waals surface area contributed by atoms with Gasteiger partial charge in [-0.2, -0.15) is 4.98 Å². The molecule has 1 saturated heterocycles. The summed E-state index contributed by atoms with van der Waals surface area (Å²) in [5.74, 6) is 1.17. The maximum absolute atomic E-state index is 13.4. The molecule has 1 aromatic heterocycles. The fourth-order valence-corrected chi connectivity index (χ4v) is 4.77. The number of hydrogen-bond donors (Lipinski definition) is 1. The number of carbonyl (C=O) groups is 1. The molecule has 184 valence electrons. The van der Waals surface area contributed by atoms with Gasteiger partial charge in [-0.15, -0.1) is 0 Å². The van der Waals surface area contributed by atoms with E-state index in [1.807, 2.05) is 42.5 Å². The number of amides is 1. The average Bonchev–Trinajstić information content (AvgIpc) is 3.37. The highest BCUT2D eigenvalue weighted by Crippen LogP contribution is 2.25. The Labute approximate surface area is 212 Å². The topological polar surface area (TPSA) is 71.3 Å². The molecule has 0 radical (unpaired) electrons. The van der Waals surface area contributed by atoms with E-state index in [4.69, 9.17) is 4.52 Å². The predicted octanol–water partition coefficient (Wildman–Crippen LogP) is 5.47. The fourth-order valence-electron chi connectivity index (χ4n) is 4.77. The molecule has 1 N–H and O–H groups in total. The van der Waals surface area contributed by atoms with E-state index in [-0.39, 0.29) is 17.9 Å². The van der Waals surface area contributed by atoms with Crippen LogP contribution in [0.15, 0.2) is 83.4 Å². The summed E-state index contributed by atoms with van der Waals surface area (Å²) in [7, 11) is 0. The molecule has 2 heterocycles. The van der Waals surface area contributed by atoms with Gasteiger partial charge >= 0.3 is 0 Å². The predicted molar refractivity (Wildman–Crippen MR) is 140 cm³/mol. The molecule has 2 unspecified atom stereocenters. The summed E-state index contributed by atoms with van der Waals surface area (Å²) < 4.78 is 5.53. The lowest BCUT2D eigenvalue weighted by atomic mass is 9.94. The summed E-state index contributed by atoms with van der Waals surface area (Å²) in [4.78, 5) is 20.3. The third kappa shape index (κ3) is 5.71. The fraction of sp³-hybridized carbons (Fsp3) is 0.300. The van der Waals surface area contributed by atoms with Gasteiger partial charge in [-0.25, -0.2) is 0 Å². The van der Waals surface area contributed by atoms with Crippen LogP contribution >= 0.6 is 0 Å². The van der Waals surface area contributed by atoms with Crippen molar-refractivity contribution in [2.75, 3.05) is 13.1 Å². The molecule has 1 amide bonds. The molecule has 36 heavy (non-hydrogen) atoms. The second kappa shape index (κ2) is 10.9. The molecule has 0 spiro atoms. The van der Waals surface area contributed by atoms with Crippen molar-refractivity contribution in [3.05, 3.63) is 107 Å². The van der Waals surface area contributed by atoms with Gasteiger partial charge in [0.05, 0.1) is 18.5 Å². The molecule has 1 aliphatic heterocycles. The average molecular weight is 481 g/mol. The van der Waals surface area contributed by atoms with Crippen LogP contribution in [0.5, 0.6) is 0 Å². The van der Waals surface area contributed by atoms with Crippen LogP contribution < -0.4 is 5.32 Å². The van der Waals surface area contributed by atoms with Crippen molar-refractivity contribution in [1.82, 2.24) is 20.4 Å². The standard InChI is InChI=1S/C30H32N4O2/c1-21-10-14-24(15-11-21)28(23-7-4-3-5-8-23)32-30(35)26-9-6-18-34(19-26)20-27-31-29(33-36-27)25-16-12-22(2)13-17-25/h3-5,7-8,10-17,26,28H,6,9,18-20H2,1-2H3,(H,32,35). The zero-order valence-corrected chi connectivity index (χ0v) is 20.9. The van der Waals surface area contributed by atoms with Gasteiger partial charge in [-0.3, -0.25) is 9.69 Å². The zero-order chi connectivity index (χ0) is 24.9. The highest BCUT2D eigenvalue weighted by Gasteiger charge is 2.29. The first-order valence-electron chi connectivity index (χ1n) is 12.6. The normalized spacial score (nSPS) is 17.0. The smallest absolute Gasteiger partial charge is 0.241 e. The summed E-state index contributed by atoms with van der Waals surface area (Å²) in [6, 6.07) is 26.5. The minimum atomic E-state index is -0.178. The van der Waals surface area contributed by atoms with E-state index in [2.05, 4.69) is 70.6 Å². The van der Waals surface area contributed by atoms with Crippen LogP contribution in [0.25, 0.3) is 11.4 Å². The first-order valence-corrected chi connectivity index (χ1v) is 12.6. The number of likely N-dealkylation sites (tertiary alicyclic amines) is 1. The third-order valence-electron chi connectivity index (χ3n) is 6.84. The maximum atomic E-state index is 13.4. The molecule has 0 bridgehead atoms. The molecule has 1 aliphatic rings. The number of aromatic nitrogens is 2. The largest absolute Gasteiger partial charge is 0.345 e. The highest BCUT2D eigenvalue weighted by molar-refractivity contribution is 5.80. The SMILES string of the molecule is Cc1ccc(-c2noc(CN3CCCC(C(=O)NC(c4ccccc4)c4ccc(C)cc4)C3)n2)cc1. The summed E-state index contributed by atoms with van der Waals surface area (Å²) in [5, 5.41) is 7.49. The molecule has 4 aromatic rings. The molecule has 6 heteroatoms. The quantitative estimate of drug-likeness (QED) is 0.380. The minimum Gasteiger partial charge on any atom is -0.345 e. The van der Waals surface area contributed by atoms with Crippen LogP contribution in [0.3, 0.4) is 0 Å². The van der Waals surface area contributed by atoms with Crippen LogP contribution in [0, 0.1) is 19.8 Å². The van der Waals surface area contributed by atoms with Gasteiger partial charge in [0.15, 0.2) is 0 Å².